The highest BCUT2D eigenvalue weighted by Gasteiger charge is 2.08. The summed E-state index contributed by atoms with van der Waals surface area (Å²) in [4.78, 5) is 8.86. The van der Waals surface area contributed by atoms with Crippen molar-refractivity contribution in [3.63, 3.8) is 0 Å². The predicted octanol–water partition coefficient (Wildman–Crippen LogP) is 4.46. The minimum atomic E-state index is 0.561. The van der Waals surface area contributed by atoms with Crippen LogP contribution in [0.1, 0.15) is 0 Å². The number of benzene rings is 2. The van der Waals surface area contributed by atoms with Crippen LogP contribution in [0.4, 0.5) is 0 Å². The maximum atomic E-state index is 6.19. The highest BCUT2D eigenvalue weighted by Crippen LogP contribution is 2.27. The molecule has 92 valence electrons. The van der Waals surface area contributed by atoms with Crippen LogP contribution < -0.4 is 0 Å². The van der Waals surface area contributed by atoms with Gasteiger partial charge in [0.15, 0.2) is 5.82 Å². The van der Waals surface area contributed by atoms with E-state index in [4.69, 9.17) is 11.6 Å². The summed E-state index contributed by atoms with van der Waals surface area (Å²) in [6.45, 7) is 0. The maximum absolute atomic E-state index is 6.19. The van der Waals surface area contributed by atoms with E-state index in [1.165, 1.54) is 0 Å². The van der Waals surface area contributed by atoms with Gasteiger partial charge in [0.2, 0.25) is 0 Å². The molecule has 0 aliphatic heterocycles. The fraction of sp³-hybridized carbons (Fsp3) is 0. The summed E-state index contributed by atoms with van der Waals surface area (Å²) in [7, 11) is 0. The topological polar surface area (TPSA) is 25.8 Å². The zero-order chi connectivity index (χ0) is 13.1. The summed E-state index contributed by atoms with van der Waals surface area (Å²) in [5.74, 6) is 0.684. The lowest BCUT2D eigenvalue weighted by Gasteiger charge is -2.06. The molecule has 2 nitrogen and oxygen atoms in total. The molecular weight excluding hydrogens is 256 g/mol. The molecule has 19 heavy (non-hydrogen) atoms. The first-order valence-corrected chi connectivity index (χ1v) is 6.36. The summed E-state index contributed by atoms with van der Waals surface area (Å²) in [5, 5.41) is 0.561. The van der Waals surface area contributed by atoms with Crippen LogP contribution in [0, 0.1) is 0 Å². The number of hydrogen-bond donors (Lipinski definition) is 0. The van der Waals surface area contributed by atoms with E-state index < -0.39 is 0 Å². The summed E-state index contributed by atoms with van der Waals surface area (Å²) >= 11 is 6.19. The third-order valence-electron chi connectivity index (χ3n) is 2.82. The number of halogens is 1. The largest absolute Gasteiger partial charge is 0.235 e. The second-order valence-corrected chi connectivity index (χ2v) is 4.53. The fourth-order valence-electron chi connectivity index (χ4n) is 1.89. The SMILES string of the molecule is Clc1cnc(-c2ccccc2)nc1-c1ccccc1. The van der Waals surface area contributed by atoms with Crippen molar-refractivity contribution in [2.45, 2.75) is 0 Å². The van der Waals surface area contributed by atoms with Crippen LogP contribution in [-0.2, 0) is 0 Å². The van der Waals surface area contributed by atoms with Gasteiger partial charge in [-0.3, -0.25) is 0 Å². The Bertz CT molecular complexity index is 682. The van der Waals surface area contributed by atoms with Gasteiger partial charge in [-0.25, -0.2) is 9.97 Å². The molecule has 3 heteroatoms. The fourth-order valence-corrected chi connectivity index (χ4v) is 2.09. The molecule has 0 radical (unpaired) electrons. The van der Waals surface area contributed by atoms with Crippen molar-refractivity contribution in [1.29, 1.82) is 0 Å². The molecule has 3 rings (SSSR count). The number of rotatable bonds is 2. The highest BCUT2D eigenvalue weighted by atomic mass is 35.5. The van der Waals surface area contributed by atoms with E-state index in [1.807, 2.05) is 60.7 Å². The minimum absolute atomic E-state index is 0.561. The van der Waals surface area contributed by atoms with Crippen LogP contribution >= 0.6 is 11.6 Å². The van der Waals surface area contributed by atoms with Crippen LogP contribution in [0.5, 0.6) is 0 Å². The van der Waals surface area contributed by atoms with Crippen molar-refractivity contribution in [3.05, 3.63) is 71.9 Å². The Hall–Kier alpha value is -2.19. The second kappa shape index (κ2) is 5.21. The molecule has 0 bridgehead atoms. The van der Waals surface area contributed by atoms with Gasteiger partial charge < -0.3 is 0 Å². The Morgan fingerprint density at radius 2 is 1.32 bits per heavy atom. The first-order valence-electron chi connectivity index (χ1n) is 5.98. The number of aromatic nitrogens is 2. The van der Waals surface area contributed by atoms with Crippen molar-refractivity contribution < 1.29 is 0 Å². The third kappa shape index (κ3) is 2.49. The van der Waals surface area contributed by atoms with Crippen molar-refractivity contribution in [2.24, 2.45) is 0 Å². The third-order valence-corrected chi connectivity index (χ3v) is 3.10. The molecule has 0 unspecified atom stereocenters. The molecule has 1 heterocycles. The average Bonchev–Trinajstić information content (AvgIpc) is 2.49. The normalized spacial score (nSPS) is 10.4. The predicted molar refractivity (Wildman–Crippen MR) is 77.9 cm³/mol. The van der Waals surface area contributed by atoms with Gasteiger partial charge in [0.1, 0.15) is 0 Å². The molecule has 3 aromatic rings. The molecule has 0 aliphatic carbocycles. The molecule has 0 saturated heterocycles. The standard InChI is InChI=1S/C16H11ClN2/c17-14-11-18-16(13-9-5-2-6-10-13)19-15(14)12-7-3-1-4-8-12/h1-11H. The molecule has 0 amide bonds. The molecule has 0 spiro atoms. The summed E-state index contributed by atoms with van der Waals surface area (Å²) in [6.07, 6.45) is 1.65. The van der Waals surface area contributed by atoms with Gasteiger partial charge in [-0.05, 0) is 0 Å². The van der Waals surface area contributed by atoms with Gasteiger partial charge in [0, 0.05) is 11.1 Å². The first kappa shape index (κ1) is 11.9. The van der Waals surface area contributed by atoms with Crippen LogP contribution in [0.25, 0.3) is 22.6 Å². The second-order valence-electron chi connectivity index (χ2n) is 4.12. The van der Waals surface area contributed by atoms with Crippen molar-refractivity contribution in [1.82, 2.24) is 9.97 Å². The summed E-state index contributed by atoms with van der Waals surface area (Å²) in [6, 6.07) is 19.8. The Labute approximate surface area is 116 Å². The van der Waals surface area contributed by atoms with Gasteiger partial charge in [0.05, 0.1) is 16.9 Å². The Balaban J connectivity index is 2.12. The van der Waals surface area contributed by atoms with Crippen molar-refractivity contribution in [3.8, 4) is 22.6 Å². The lowest BCUT2D eigenvalue weighted by atomic mass is 10.1. The van der Waals surface area contributed by atoms with Crippen LogP contribution in [0.15, 0.2) is 66.9 Å². The van der Waals surface area contributed by atoms with Gasteiger partial charge in [0.25, 0.3) is 0 Å². The van der Waals surface area contributed by atoms with Gasteiger partial charge in [-0.2, -0.15) is 0 Å². The minimum Gasteiger partial charge on any atom is -0.235 e. The van der Waals surface area contributed by atoms with Crippen LogP contribution in [0.2, 0.25) is 5.02 Å². The molecule has 2 aromatic carbocycles. The van der Waals surface area contributed by atoms with E-state index in [0.717, 1.165) is 16.8 Å². The molecule has 0 saturated carbocycles. The Morgan fingerprint density at radius 3 is 1.95 bits per heavy atom. The number of hydrogen-bond acceptors (Lipinski definition) is 2. The van der Waals surface area contributed by atoms with Crippen LogP contribution in [0.3, 0.4) is 0 Å². The Kier molecular flexibility index (Phi) is 3.25. The van der Waals surface area contributed by atoms with E-state index in [0.29, 0.717) is 10.8 Å². The molecule has 1 aromatic heterocycles. The van der Waals surface area contributed by atoms with Gasteiger partial charge in [-0.1, -0.05) is 72.3 Å². The lowest BCUT2D eigenvalue weighted by Crippen LogP contribution is -1.92. The van der Waals surface area contributed by atoms with E-state index in [1.54, 1.807) is 6.20 Å². The van der Waals surface area contributed by atoms with Gasteiger partial charge >= 0.3 is 0 Å². The Morgan fingerprint density at radius 1 is 0.737 bits per heavy atom. The molecule has 0 fully saturated rings. The molecule has 0 N–H and O–H groups in total. The molecule has 0 atom stereocenters. The highest BCUT2D eigenvalue weighted by molar-refractivity contribution is 6.32. The van der Waals surface area contributed by atoms with Crippen LogP contribution in [-0.4, -0.2) is 9.97 Å². The first-order chi connectivity index (χ1) is 9.34. The maximum Gasteiger partial charge on any atom is 0.159 e. The lowest BCUT2D eigenvalue weighted by molar-refractivity contribution is 1.18. The van der Waals surface area contributed by atoms with E-state index in [9.17, 15) is 0 Å². The average molecular weight is 267 g/mol. The summed E-state index contributed by atoms with van der Waals surface area (Å²) < 4.78 is 0. The zero-order valence-corrected chi connectivity index (χ0v) is 10.9. The molecule has 0 aliphatic rings. The quantitative estimate of drug-likeness (QED) is 0.684. The van der Waals surface area contributed by atoms with Crippen molar-refractivity contribution in [2.75, 3.05) is 0 Å². The van der Waals surface area contributed by atoms with Crippen molar-refractivity contribution >= 4 is 11.6 Å². The monoisotopic (exact) mass is 266 g/mol. The number of nitrogens with zero attached hydrogens (tertiary/aromatic N) is 2. The smallest absolute Gasteiger partial charge is 0.159 e. The summed E-state index contributed by atoms with van der Waals surface area (Å²) in [5.41, 5.74) is 2.74. The van der Waals surface area contributed by atoms with Gasteiger partial charge in [-0.15, -0.1) is 0 Å². The van der Waals surface area contributed by atoms with E-state index in [-0.39, 0.29) is 0 Å². The van der Waals surface area contributed by atoms with E-state index >= 15 is 0 Å². The molecular formula is C16H11ClN2. The van der Waals surface area contributed by atoms with E-state index in [2.05, 4.69) is 9.97 Å². The zero-order valence-electron chi connectivity index (χ0n) is 10.1.